The fraction of sp³-hybridized carbons (Fsp3) is 0.556. The summed E-state index contributed by atoms with van der Waals surface area (Å²) in [5.41, 5.74) is 10.8. The second-order valence-corrected chi connectivity index (χ2v) is 6.82. The highest BCUT2D eigenvalue weighted by molar-refractivity contribution is 5.70. The topological polar surface area (TPSA) is 139 Å². The van der Waals surface area contributed by atoms with Crippen LogP contribution in [0.25, 0.3) is 21.8 Å². The lowest BCUT2D eigenvalue weighted by Crippen LogP contribution is -2.29. The minimum atomic E-state index is -0.764. The Balaban J connectivity index is 1.83. The molecule has 0 spiro atoms. The van der Waals surface area contributed by atoms with E-state index >= 15 is 0 Å². The number of carbonyl (C=O) groups is 1. The van der Waals surface area contributed by atoms with Gasteiger partial charge in [0.15, 0.2) is 11.6 Å². The highest BCUT2D eigenvalue weighted by Crippen LogP contribution is 2.30. The van der Waals surface area contributed by atoms with Crippen molar-refractivity contribution in [2.24, 2.45) is 18.1 Å². The fourth-order valence-corrected chi connectivity index (χ4v) is 3.48. The summed E-state index contributed by atoms with van der Waals surface area (Å²) in [4.78, 5) is 23.1. The average Bonchev–Trinajstić information content (AvgIpc) is 3.07. The van der Waals surface area contributed by atoms with Gasteiger partial charge in [-0.25, -0.2) is 9.97 Å². The van der Waals surface area contributed by atoms with Crippen LogP contribution in [0.3, 0.4) is 0 Å². The molecule has 0 saturated heterocycles. The minimum absolute atomic E-state index is 0.145. The molecule has 0 amide bonds. The van der Waals surface area contributed by atoms with Crippen LogP contribution in [0, 0.1) is 5.92 Å². The van der Waals surface area contributed by atoms with Gasteiger partial charge in [0, 0.05) is 12.0 Å². The van der Waals surface area contributed by atoms with Gasteiger partial charge in [0.25, 0.3) is 0 Å². The lowest BCUT2D eigenvalue weighted by molar-refractivity contribution is -0.143. The van der Waals surface area contributed by atoms with Gasteiger partial charge < -0.3 is 9.84 Å². The Hall–Kier alpha value is -3.13. The molecule has 1 aliphatic rings. The summed E-state index contributed by atoms with van der Waals surface area (Å²) in [6, 6.07) is 0. The quantitative estimate of drug-likeness (QED) is 0.441. The number of nitrogens with zero attached hydrogens (tertiary/aromatic N) is 7. The van der Waals surface area contributed by atoms with E-state index in [1.807, 2.05) is 6.92 Å². The summed E-state index contributed by atoms with van der Waals surface area (Å²) in [7, 11) is 1.77. The third-order valence-electron chi connectivity index (χ3n) is 5.02. The first-order valence-electron chi connectivity index (χ1n) is 9.31. The van der Waals surface area contributed by atoms with Crippen LogP contribution in [0.2, 0.25) is 0 Å². The maximum absolute atomic E-state index is 11.3. The summed E-state index contributed by atoms with van der Waals surface area (Å²) in [6.07, 6.45) is 6.64. The van der Waals surface area contributed by atoms with Crippen LogP contribution in [0.4, 0.5) is 0 Å². The normalized spacial score (nSPS) is 19.1. The van der Waals surface area contributed by atoms with Crippen molar-refractivity contribution < 1.29 is 14.6 Å². The number of carboxylic acids is 1. The number of carboxylic acid groups (broad SMARTS) is 1. The first-order valence-corrected chi connectivity index (χ1v) is 9.31. The van der Waals surface area contributed by atoms with E-state index < -0.39 is 5.97 Å². The third-order valence-corrected chi connectivity index (χ3v) is 5.02. The van der Waals surface area contributed by atoms with Crippen molar-refractivity contribution in [2.45, 2.75) is 51.7 Å². The number of hydrogen-bond donors (Lipinski definition) is 1. The van der Waals surface area contributed by atoms with Crippen molar-refractivity contribution >= 4 is 5.97 Å². The average molecular weight is 385 g/mol. The van der Waals surface area contributed by atoms with Gasteiger partial charge in [-0.2, -0.15) is 5.10 Å². The summed E-state index contributed by atoms with van der Waals surface area (Å²) in [6.45, 7) is 2.13. The molecule has 0 unspecified atom stereocenters. The molecular formula is C18H23N7O3. The van der Waals surface area contributed by atoms with Gasteiger partial charge in [-0.3, -0.25) is 9.48 Å². The van der Waals surface area contributed by atoms with Gasteiger partial charge in [-0.05, 0) is 37.6 Å². The van der Waals surface area contributed by atoms with E-state index in [9.17, 15) is 9.90 Å². The third kappa shape index (κ3) is 4.23. The van der Waals surface area contributed by atoms with Crippen LogP contribution in [0.1, 0.15) is 44.0 Å². The van der Waals surface area contributed by atoms with Gasteiger partial charge >= 0.3 is 5.97 Å². The maximum Gasteiger partial charge on any atom is 0.306 e. The Morgan fingerprint density at radius 3 is 3.00 bits per heavy atom. The van der Waals surface area contributed by atoms with Crippen molar-refractivity contribution in [3.63, 3.8) is 0 Å². The van der Waals surface area contributed by atoms with Crippen LogP contribution >= 0.6 is 0 Å². The zero-order chi connectivity index (χ0) is 20.1. The molecule has 0 aliphatic heterocycles. The molecule has 10 nitrogen and oxygen atoms in total. The van der Waals surface area contributed by atoms with Crippen molar-refractivity contribution in [1.82, 2.24) is 19.7 Å². The molecule has 1 fully saturated rings. The summed E-state index contributed by atoms with van der Waals surface area (Å²) < 4.78 is 7.71. The number of aryl methyl sites for hydroxylation is 2. The first kappa shape index (κ1) is 19.6. The molecule has 2 atom stereocenters. The number of ether oxygens (including phenoxy) is 1. The van der Waals surface area contributed by atoms with Crippen LogP contribution in [0.15, 0.2) is 17.5 Å². The van der Waals surface area contributed by atoms with Gasteiger partial charge in [0.05, 0.1) is 47.9 Å². The molecule has 1 saturated carbocycles. The Morgan fingerprint density at radius 2 is 2.29 bits per heavy atom. The summed E-state index contributed by atoms with van der Waals surface area (Å²) in [5.74, 6) is -0.0438. The predicted octanol–water partition coefficient (Wildman–Crippen LogP) is 3.27. The maximum atomic E-state index is 11.3. The Morgan fingerprint density at radius 1 is 1.46 bits per heavy atom. The standard InChI is InChI=1S/C18H23N7O3/c1-3-14-16(28-12-6-4-5-11(7-12)18(26)27)10-20-17(23-14)13-8-22-25(2)15(13)9-21-24-19/h8,10-12H,3-7,9H2,1-2H3,(H,26,27)/t11-,12-/m0/s1. The van der Waals surface area contributed by atoms with E-state index in [-0.39, 0.29) is 18.6 Å². The monoisotopic (exact) mass is 385 g/mol. The molecule has 2 aromatic heterocycles. The second kappa shape index (κ2) is 8.71. The second-order valence-electron chi connectivity index (χ2n) is 6.82. The SMILES string of the molecule is CCc1nc(-c2cnn(C)c2CN=[N+]=[N-])ncc1O[C@H]1CCC[C@H](C(=O)O)C1. The van der Waals surface area contributed by atoms with Crippen LogP contribution in [-0.4, -0.2) is 36.9 Å². The number of aromatic nitrogens is 4. The zero-order valence-corrected chi connectivity index (χ0v) is 15.9. The van der Waals surface area contributed by atoms with Gasteiger partial charge in [-0.1, -0.05) is 12.0 Å². The predicted molar refractivity (Wildman–Crippen MR) is 100 cm³/mol. The van der Waals surface area contributed by atoms with Gasteiger partial charge in [0.1, 0.15) is 0 Å². The molecule has 1 aliphatic carbocycles. The molecule has 2 aromatic rings. The summed E-state index contributed by atoms with van der Waals surface area (Å²) >= 11 is 0. The van der Waals surface area contributed by atoms with E-state index in [0.717, 1.165) is 24.2 Å². The Labute approximate surface area is 162 Å². The molecule has 2 heterocycles. The first-order chi connectivity index (χ1) is 13.5. The number of hydrogen-bond acceptors (Lipinski definition) is 6. The highest BCUT2D eigenvalue weighted by atomic mass is 16.5. The minimum Gasteiger partial charge on any atom is -0.487 e. The zero-order valence-electron chi connectivity index (χ0n) is 15.9. The molecule has 28 heavy (non-hydrogen) atoms. The van der Waals surface area contributed by atoms with Crippen molar-refractivity contribution in [3.05, 3.63) is 34.2 Å². The van der Waals surface area contributed by atoms with Gasteiger partial charge in [0.2, 0.25) is 0 Å². The van der Waals surface area contributed by atoms with E-state index in [2.05, 4.69) is 25.1 Å². The number of azide groups is 1. The fourth-order valence-electron chi connectivity index (χ4n) is 3.48. The van der Waals surface area contributed by atoms with Crippen molar-refractivity contribution in [2.75, 3.05) is 0 Å². The lowest BCUT2D eigenvalue weighted by atomic mass is 9.87. The molecule has 10 heteroatoms. The molecule has 0 radical (unpaired) electrons. The largest absolute Gasteiger partial charge is 0.487 e. The molecular weight excluding hydrogens is 362 g/mol. The molecule has 148 valence electrons. The highest BCUT2D eigenvalue weighted by Gasteiger charge is 2.28. The molecule has 0 aromatic carbocycles. The van der Waals surface area contributed by atoms with Crippen molar-refractivity contribution in [1.29, 1.82) is 0 Å². The van der Waals surface area contributed by atoms with Crippen LogP contribution in [0.5, 0.6) is 5.75 Å². The smallest absolute Gasteiger partial charge is 0.306 e. The Kier molecular flexibility index (Phi) is 6.10. The number of aliphatic carboxylic acids is 1. The number of rotatable bonds is 7. The van der Waals surface area contributed by atoms with E-state index in [1.165, 1.54) is 0 Å². The van der Waals surface area contributed by atoms with Crippen molar-refractivity contribution in [3.8, 4) is 17.1 Å². The van der Waals surface area contributed by atoms with Crippen LogP contribution < -0.4 is 4.74 Å². The van der Waals surface area contributed by atoms with Gasteiger partial charge in [-0.15, -0.1) is 0 Å². The molecule has 3 rings (SSSR count). The summed E-state index contributed by atoms with van der Waals surface area (Å²) in [5, 5.41) is 17.1. The van der Waals surface area contributed by atoms with E-state index in [1.54, 1.807) is 24.1 Å². The van der Waals surface area contributed by atoms with E-state index in [0.29, 0.717) is 36.4 Å². The van der Waals surface area contributed by atoms with E-state index in [4.69, 9.17) is 10.3 Å². The molecule has 0 bridgehead atoms. The van der Waals surface area contributed by atoms with Crippen LogP contribution in [-0.2, 0) is 24.8 Å². The Bertz CT molecular complexity index is 905. The lowest BCUT2D eigenvalue weighted by Gasteiger charge is -2.27. The molecule has 1 N–H and O–H groups in total.